The van der Waals surface area contributed by atoms with Crippen LogP contribution in [0.2, 0.25) is 0 Å². The first-order valence-corrected chi connectivity index (χ1v) is 10.8. The Morgan fingerprint density at radius 1 is 0.941 bits per heavy atom. The molecule has 34 heavy (non-hydrogen) atoms. The van der Waals surface area contributed by atoms with Crippen molar-refractivity contribution in [3.05, 3.63) is 96.0 Å². The third kappa shape index (κ3) is 3.36. The van der Waals surface area contributed by atoms with Gasteiger partial charge in [-0.25, -0.2) is 4.79 Å². The van der Waals surface area contributed by atoms with Gasteiger partial charge in [0.1, 0.15) is 0 Å². The molecular formula is C26H20N4O4. The van der Waals surface area contributed by atoms with Crippen LogP contribution in [0.3, 0.4) is 0 Å². The Bertz CT molecular complexity index is 1400. The zero-order chi connectivity index (χ0) is 23.1. The highest BCUT2D eigenvalue weighted by Gasteiger charge is 2.37. The van der Waals surface area contributed by atoms with Crippen molar-refractivity contribution in [3.8, 4) is 22.9 Å². The first-order chi connectivity index (χ1) is 16.7. The maximum Gasteiger partial charge on any atom is 0.327 e. The minimum absolute atomic E-state index is 0.158. The number of carbonyl (C=O) groups is 1. The van der Waals surface area contributed by atoms with E-state index in [9.17, 15) is 4.79 Å². The van der Waals surface area contributed by atoms with E-state index in [-0.39, 0.29) is 12.8 Å². The summed E-state index contributed by atoms with van der Waals surface area (Å²) in [5, 5.41) is 7.31. The van der Waals surface area contributed by atoms with Crippen molar-refractivity contribution in [1.82, 2.24) is 15.5 Å². The number of hydrogen-bond donors (Lipinski definition) is 1. The number of nitrogens with zero attached hydrogens (tertiary/aromatic N) is 3. The monoisotopic (exact) mass is 452 g/mol. The zero-order valence-electron chi connectivity index (χ0n) is 18.3. The van der Waals surface area contributed by atoms with Gasteiger partial charge >= 0.3 is 6.03 Å². The molecule has 0 fully saturated rings. The van der Waals surface area contributed by atoms with Gasteiger partial charge in [0.05, 0.1) is 17.3 Å². The summed E-state index contributed by atoms with van der Waals surface area (Å²) >= 11 is 0. The molecule has 1 N–H and O–H groups in total. The first-order valence-electron chi connectivity index (χ1n) is 10.8. The summed E-state index contributed by atoms with van der Waals surface area (Å²) in [6.45, 7) is 2.03. The lowest BCUT2D eigenvalue weighted by molar-refractivity contribution is 0.174. The average Bonchev–Trinajstić information content (AvgIpc) is 3.54. The van der Waals surface area contributed by atoms with E-state index in [4.69, 9.17) is 14.0 Å². The number of benzene rings is 3. The Balaban J connectivity index is 1.49. The lowest BCUT2D eigenvalue weighted by atomic mass is 9.94. The first kappa shape index (κ1) is 20.0. The number of nitrogens with one attached hydrogen (secondary N) is 1. The normalized spacial score (nSPS) is 17.1. The molecule has 0 bridgehead atoms. The molecule has 2 aliphatic rings. The number of hydrogen-bond acceptors (Lipinski definition) is 6. The van der Waals surface area contributed by atoms with Crippen LogP contribution in [0, 0.1) is 0 Å². The van der Waals surface area contributed by atoms with Gasteiger partial charge in [-0.15, -0.1) is 0 Å². The predicted octanol–water partition coefficient (Wildman–Crippen LogP) is 5.17. The summed E-state index contributed by atoms with van der Waals surface area (Å²) < 4.78 is 16.7. The number of aromatic nitrogens is 2. The van der Waals surface area contributed by atoms with Crippen molar-refractivity contribution >= 4 is 17.3 Å². The average molecular weight is 452 g/mol. The van der Waals surface area contributed by atoms with Crippen LogP contribution in [0.1, 0.15) is 24.4 Å². The molecule has 0 spiro atoms. The number of urea groups is 1. The fraction of sp³-hybridized carbons (Fsp3) is 0.115. The van der Waals surface area contributed by atoms with Gasteiger partial charge in [0.2, 0.25) is 12.6 Å². The maximum absolute atomic E-state index is 13.3. The van der Waals surface area contributed by atoms with Crippen molar-refractivity contribution in [2.45, 2.75) is 13.0 Å². The summed E-state index contributed by atoms with van der Waals surface area (Å²) in [5.74, 6) is 2.06. The van der Waals surface area contributed by atoms with E-state index in [1.54, 1.807) is 17.0 Å². The molecule has 1 unspecified atom stereocenters. The van der Waals surface area contributed by atoms with Gasteiger partial charge in [-0.1, -0.05) is 65.8 Å². The number of anilines is 1. The Hall–Kier alpha value is -4.59. The van der Waals surface area contributed by atoms with Crippen LogP contribution in [-0.2, 0) is 0 Å². The van der Waals surface area contributed by atoms with Crippen LogP contribution < -0.4 is 19.7 Å². The fourth-order valence-corrected chi connectivity index (χ4v) is 4.29. The second-order valence-corrected chi connectivity index (χ2v) is 7.95. The maximum atomic E-state index is 13.3. The van der Waals surface area contributed by atoms with Gasteiger partial charge in [-0.05, 0) is 24.6 Å². The van der Waals surface area contributed by atoms with Crippen LogP contribution in [0.4, 0.5) is 10.5 Å². The minimum Gasteiger partial charge on any atom is -0.454 e. The van der Waals surface area contributed by atoms with Gasteiger partial charge in [0, 0.05) is 17.3 Å². The van der Waals surface area contributed by atoms with E-state index < -0.39 is 6.04 Å². The Morgan fingerprint density at radius 2 is 1.68 bits per heavy atom. The van der Waals surface area contributed by atoms with Crippen molar-refractivity contribution in [2.24, 2.45) is 0 Å². The smallest absolute Gasteiger partial charge is 0.327 e. The molecule has 4 aromatic rings. The summed E-state index contributed by atoms with van der Waals surface area (Å²) in [7, 11) is 0. The molecule has 8 heteroatoms. The number of carbonyl (C=O) groups excluding carboxylic acids is 1. The number of ether oxygens (including phenoxy) is 2. The summed E-state index contributed by atoms with van der Waals surface area (Å²) in [6, 6.07) is 24.0. The summed E-state index contributed by atoms with van der Waals surface area (Å²) in [6.07, 6.45) is 0. The summed E-state index contributed by atoms with van der Waals surface area (Å²) in [4.78, 5) is 19.6. The topological polar surface area (TPSA) is 89.7 Å². The molecular weight excluding hydrogens is 432 g/mol. The second kappa shape index (κ2) is 8.08. The molecule has 0 aliphatic carbocycles. The van der Waals surface area contributed by atoms with Gasteiger partial charge < -0.3 is 19.3 Å². The summed E-state index contributed by atoms with van der Waals surface area (Å²) in [5.41, 5.74) is 3.80. The molecule has 3 heterocycles. The quantitative estimate of drug-likeness (QED) is 0.460. The highest BCUT2D eigenvalue weighted by molar-refractivity contribution is 6.01. The van der Waals surface area contributed by atoms with Crippen LogP contribution in [0.25, 0.3) is 17.0 Å². The van der Waals surface area contributed by atoms with Crippen molar-refractivity contribution in [3.63, 3.8) is 0 Å². The van der Waals surface area contributed by atoms with Gasteiger partial charge in [0.25, 0.3) is 5.89 Å². The minimum atomic E-state index is -0.456. The van der Waals surface area contributed by atoms with Crippen molar-refractivity contribution in [2.75, 3.05) is 11.7 Å². The fourth-order valence-electron chi connectivity index (χ4n) is 4.29. The number of allylic oxidation sites excluding steroid dienone is 1. The molecule has 0 saturated heterocycles. The van der Waals surface area contributed by atoms with E-state index in [1.165, 1.54) is 0 Å². The predicted molar refractivity (Wildman–Crippen MR) is 125 cm³/mol. The van der Waals surface area contributed by atoms with E-state index in [1.807, 2.05) is 73.7 Å². The van der Waals surface area contributed by atoms with Crippen LogP contribution in [-0.4, -0.2) is 23.0 Å². The standard InChI is InChI=1S/C26H20N4O4/c1-16-22(25-28-24(29-34-25)18-10-6-3-7-11-18)23(17-8-4-2-5-9-17)27-26(31)30(16)19-12-13-20-21(14-19)33-15-32-20/h2-14,23H,15H2,1H3,(H,27,31). The van der Waals surface area contributed by atoms with Gasteiger partial charge in [0.15, 0.2) is 11.5 Å². The second-order valence-electron chi connectivity index (χ2n) is 7.95. The lowest BCUT2D eigenvalue weighted by Gasteiger charge is -2.35. The van der Waals surface area contributed by atoms with E-state index in [2.05, 4.69) is 15.5 Å². The highest BCUT2D eigenvalue weighted by atomic mass is 16.7. The van der Waals surface area contributed by atoms with Crippen molar-refractivity contribution in [1.29, 1.82) is 0 Å². The molecule has 2 aliphatic heterocycles. The molecule has 1 atom stereocenters. The Labute approximate surface area is 195 Å². The van der Waals surface area contributed by atoms with E-state index in [0.717, 1.165) is 16.7 Å². The third-order valence-electron chi connectivity index (χ3n) is 5.92. The van der Waals surface area contributed by atoms with Crippen molar-refractivity contribution < 1.29 is 18.8 Å². The highest BCUT2D eigenvalue weighted by Crippen LogP contribution is 2.41. The number of amides is 2. The molecule has 8 nitrogen and oxygen atoms in total. The largest absolute Gasteiger partial charge is 0.454 e. The number of fused-ring (bicyclic) bond motifs is 1. The molecule has 1 aromatic heterocycles. The molecule has 3 aromatic carbocycles. The van der Waals surface area contributed by atoms with E-state index >= 15 is 0 Å². The molecule has 0 radical (unpaired) electrons. The lowest BCUT2D eigenvalue weighted by Crippen LogP contribution is -2.46. The molecule has 2 amide bonds. The third-order valence-corrected chi connectivity index (χ3v) is 5.92. The molecule has 6 rings (SSSR count). The Morgan fingerprint density at radius 3 is 2.47 bits per heavy atom. The SMILES string of the molecule is CC1=C(c2nc(-c3ccccc3)no2)C(c2ccccc2)NC(=O)N1c1ccc2c(c1)OCO2. The molecule has 0 saturated carbocycles. The van der Waals surface area contributed by atoms with Crippen LogP contribution >= 0.6 is 0 Å². The zero-order valence-corrected chi connectivity index (χ0v) is 18.3. The van der Waals surface area contributed by atoms with Crippen LogP contribution in [0.5, 0.6) is 11.5 Å². The molecule has 168 valence electrons. The van der Waals surface area contributed by atoms with Crippen LogP contribution in [0.15, 0.2) is 89.1 Å². The number of rotatable bonds is 4. The van der Waals surface area contributed by atoms with Gasteiger partial charge in [-0.2, -0.15) is 4.98 Å². The van der Waals surface area contributed by atoms with E-state index in [0.29, 0.717) is 34.6 Å². The van der Waals surface area contributed by atoms with Gasteiger partial charge in [-0.3, -0.25) is 4.90 Å². The Kier molecular flexibility index (Phi) is 4.76.